The van der Waals surface area contributed by atoms with Crippen LogP contribution in [0.1, 0.15) is 19.3 Å². The minimum absolute atomic E-state index is 0.179. The van der Waals surface area contributed by atoms with Crippen molar-refractivity contribution < 1.29 is 19.1 Å². The number of likely N-dealkylation sites (tertiary alicyclic amines) is 1. The Bertz CT molecular complexity index is 303. The van der Waals surface area contributed by atoms with Crippen LogP contribution in [-0.4, -0.2) is 36.3 Å². The highest BCUT2D eigenvalue weighted by Gasteiger charge is 2.50. The number of carbonyl (C=O) groups is 3. The molecule has 0 aromatic carbocycles. The van der Waals surface area contributed by atoms with Gasteiger partial charge in [0.05, 0.1) is 18.9 Å². The summed E-state index contributed by atoms with van der Waals surface area (Å²) in [5.41, 5.74) is 0. The van der Waals surface area contributed by atoms with Gasteiger partial charge in [-0.05, 0) is 12.8 Å². The minimum atomic E-state index is -0.545. The van der Waals surface area contributed by atoms with Crippen molar-refractivity contribution in [3.05, 3.63) is 0 Å². The topological polar surface area (TPSA) is 63.7 Å². The molecule has 0 radical (unpaired) electrons. The summed E-state index contributed by atoms with van der Waals surface area (Å²) < 4.78 is 4.45. The van der Waals surface area contributed by atoms with Crippen LogP contribution in [0.5, 0.6) is 0 Å². The Morgan fingerprint density at radius 2 is 1.87 bits per heavy atom. The monoisotopic (exact) mass is 211 g/mol. The Morgan fingerprint density at radius 3 is 2.33 bits per heavy atom. The van der Waals surface area contributed by atoms with E-state index < -0.39 is 5.97 Å². The number of fused-ring (bicyclic) bond motifs is 1. The zero-order valence-electron chi connectivity index (χ0n) is 8.56. The predicted octanol–water partition coefficient (Wildman–Crippen LogP) is -0.0555. The van der Waals surface area contributed by atoms with Crippen molar-refractivity contribution >= 4 is 17.8 Å². The molecule has 2 aliphatic rings. The van der Waals surface area contributed by atoms with E-state index in [1.807, 2.05) is 0 Å². The molecule has 1 aliphatic carbocycles. The summed E-state index contributed by atoms with van der Waals surface area (Å²) in [7, 11) is 1.24. The lowest BCUT2D eigenvalue weighted by atomic mass is 10.00. The van der Waals surface area contributed by atoms with Crippen LogP contribution in [0.2, 0.25) is 0 Å². The maximum atomic E-state index is 11.7. The van der Waals surface area contributed by atoms with Gasteiger partial charge in [0, 0.05) is 0 Å². The number of amides is 2. The number of carbonyl (C=O) groups excluding carboxylic acids is 3. The standard InChI is InChI=1S/C10H13NO4/c1-15-8(12)5-11-9(13)6-3-2-4-7(6)10(11)14/h6-7H,2-5H2,1H3. The van der Waals surface area contributed by atoms with E-state index in [2.05, 4.69) is 4.74 Å². The van der Waals surface area contributed by atoms with Crippen molar-refractivity contribution in [1.29, 1.82) is 0 Å². The molecule has 2 atom stereocenters. The molecule has 0 spiro atoms. The van der Waals surface area contributed by atoms with E-state index >= 15 is 0 Å². The number of esters is 1. The van der Waals surface area contributed by atoms with Gasteiger partial charge in [-0.15, -0.1) is 0 Å². The van der Waals surface area contributed by atoms with Crippen LogP contribution in [0.3, 0.4) is 0 Å². The van der Waals surface area contributed by atoms with E-state index in [9.17, 15) is 14.4 Å². The normalized spacial score (nSPS) is 29.5. The maximum absolute atomic E-state index is 11.7. The smallest absolute Gasteiger partial charge is 0.325 e. The van der Waals surface area contributed by atoms with Crippen molar-refractivity contribution in [2.75, 3.05) is 13.7 Å². The summed E-state index contributed by atoms with van der Waals surface area (Å²) in [5, 5.41) is 0. The van der Waals surface area contributed by atoms with E-state index in [1.54, 1.807) is 0 Å². The summed E-state index contributed by atoms with van der Waals surface area (Å²) in [5.74, 6) is -1.30. The Hall–Kier alpha value is -1.39. The number of hydrogen-bond donors (Lipinski definition) is 0. The highest BCUT2D eigenvalue weighted by atomic mass is 16.5. The van der Waals surface area contributed by atoms with Gasteiger partial charge in [0.15, 0.2) is 0 Å². The van der Waals surface area contributed by atoms with Gasteiger partial charge in [-0.25, -0.2) is 0 Å². The molecule has 0 aromatic rings. The number of nitrogens with zero attached hydrogens (tertiary/aromatic N) is 1. The molecule has 2 unspecified atom stereocenters. The second-order valence-corrected chi connectivity index (χ2v) is 3.98. The van der Waals surface area contributed by atoms with Gasteiger partial charge in [-0.1, -0.05) is 6.42 Å². The first kappa shape index (κ1) is 10.1. The number of ether oxygens (including phenoxy) is 1. The van der Waals surface area contributed by atoms with Gasteiger partial charge >= 0.3 is 5.97 Å². The average molecular weight is 211 g/mol. The molecule has 82 valence electrons. The molecule has 0 aromatic heterocycles. The molecule has 0 N–H and O–H groups in total. The van der Waals surface area contributed by atoms with E-state index in [1.165, 1.54) is 7.11 Å². The summed E-state index contributed by atoms with van der Waals surface area (Å²) in [6.07, 6.45) is 2.47. The van der Waals surface area contributed by atoms with Crippen LogP contribution in [-0.2, 0) is 19.1 Å². The molecule has 1 saturated carbocycles. The SMILES string of the molecule is COC(=O)CN1C(=O)C2CCCC2C1=O. The Morgan fingerprint density at radius 1 is 1.33 bits per heavy atom. The zero-order chi connectivity index (χ0) is 11.0. The molecule has 2 rings (SSSR count). The van der Waals surface area contributed by atoms with Crippen molar-refractivity contribution in [2.45, 2.75) is 19.3 Å². The number of rotatable bonds is 2. The summed E-state index contributed by atoms with van der Waals surface area (Å²) >= 11 is 0. The lowest BCUT2D eigenvalue weighted by Gasteiger charge is -2.13. The minimum Gasteiger partial charge on any atom is -0.468 e. The lowest BCUT2D eigenvalue weighted by molar-refractivity contribution is -0.151. The number of imide groups is 1. The molecule has 0 bridgehead atoms. The largest absolute Gasteiger partial charge is 0.468 e. The molecule has 1 saturated heterocycles. The van der Waals surface area contributed by atoms with Crippen molar-refractivity contribution in [3.8, 4) is 0 Å². The molecule has 1 aliphatic heterocycles. The van der Waals surface area contributed by atoms with Gasteiger partial charge in [-0.3, -0.25) is 19.3 Å². The summed E-state index contributed by atoms with van der Waals surface area (Å²) in [6, 6.07) is 0. The predicted molar refractivity (Wildman–Crippen MR) is 49.6 cm³/mol. The van der Waals surface area contributed by atoms with Crippen LogP contribution in [0.25, 0.3) is 0 Å². The quantitative estimate of drug-likeness (QED) is 0.474. The van der Waals surface area contributed by atoms with Gasteiger partial charge in [-0.2, -0.15) is 0 Å². The van der Waals surface area contributed by atoms with Gasteiger partial charge in [0.1, 0.15) is 6.54 Å². The van der Waals surface area contributed by atoms with Crippen LogP contribution < -0.4 is 0 Å². The average Bonchev–Trinajstić information content (AvgIpc) is 2.78. The Labute approximate surface area is 87.4 Å². The first-order valence-electron chi connectivity index (χ1n) is 5.07. The fraction of sp³-hybridized carbons (Fsp3) is 0.700. The van der Waals surface area contributed by atoms with Crippen LogP contribution in [0.4, 0.5) is 0 Å². The number of methoxy groups -OCH3 is 1. The van der Waals surface area contributed by atoms with Crippen molar-refractivity contribution in [3.63, 3.8) is 0 Å². The third kappa shape index (κ3) is 1.52. The van der Waals surface area contributed by atoms with Crippen LogP contribution >= 0.6 is 0 Å². The first-order valence-corrected chi connectivity index (χ1v) is 5.07. The van der Waals surface area contributed by atoms with E-state index in [0.29, 0.717) is 0 Å². The Kier molecular flexibility index (Phi) is 2.46. The molecular weight excluding hydrogens is 198 g/mol. The molecular formula is C10H13NO4. The molecule has 5 nitrogen and oxygen atoms in total. The summed E-state index contributed by atoms with van der Waals surface area (Å²) in [6.45, 7) is -0.235. The second kappa shape index (κ2) is 3.64. The van der Waals surface area contributed by atoms with Crippen LogP contribution in [0.15, 0.2) is 0 Å². The number of hydrogen-bond acceptors (Lipinski definition) is 4. The third-order valence-electron chi connectivity index (χ3n) is 3.20. The summed E-state index contributed by atoms with van der Waals surface area (Å²) in [4.78, 5) is 35.5. The second-order valence-electron chi connectivity index (χ2n) is 3.98. The first-order chi connectivity index (χ1) is 7.15. The lowest BCUT2D eigenvalue weighted by Crippen LogP contribution is -2.36. The Balaban J connectivity index is 2.11. The van der Waals surface area contributed by atoms with Crippen LogP contribution in [0, 0.1) is 11.8 Å². The molecule has 1 heterocycles. The highest BCUT2D eigenvalue weighted by molar-refractivity contribution is 6.07. The van der Waals surface area contributed by atoms with Gasteiger partial charge < -0.3 is 4.74 Å². The highest BCUT2D eigenvalue weighted by Crippen LogP contribution is 2.39. The zero-order valence-corrected chi connectivity index (χ0v) is 8.56. The van der Waals surface area contributed by atoms with Gasteiger partial charge in [0.2, 0.25) is 11.8 Å². The van der Waals surface area contributed by atoms with Crippen molar-refractivity contribution in [2.24, 2.45) is 11.8 Å². The van der Waals surface area contributed by atoms with E-state index in [0.717, 1.165) is 24.2 Å². The fourth-order valence-electron chi connectivity index (χ4n) is 2.41. The van der Waals surface area contributed by atoms with Crippen molar-refractivity contribution in [1.82, 2.24) is 4.90 Å². The van der Waals surface area contributed by atoms with Gasteiger partial charge in [0.25, 0.3) is 0 Å². The van der Waals surface area contributed by atoms with E-state index in [4.69, 9.17) is 0 Å². The molecule has 2 fully saturated rings. The molecule has 5 heteroatoms. The molecule has 15 heavy (non-hydrogen) atoms. The third-order valence-corrected chi connectivity index (χ3v) is 3.20. The molecule has 2 amide bonds. The fourth-order valence-corrected chi connectivity index (χ4v) is 2.41. The van der Waals surface area contributed by atoms with E-state index in [-0.39, 0.29) is 30.2 Å². The maximum Gasteiger partial charge on any atom is 0.325 e.